The number of hydrogen-bond donors (Lipinski definition) is 1. The standard InChI is InChI=1S/C32H29ClN2O5/c1-17(2)15-24(32(39)40-16-25(36)34-23-14-8-7-13-22(23)33)35-30(37)28-26-18-9-3-4-10-19(18)27(29(28)31(35)38)21-12-6-5-11-20(21)26/h3-14,17,24,26-29H,15-16H2,1-2H3,(H,34,36)/t24-,26?,27?,28-,29-/m1/s1. The van der Waals surface area contributed by atoms with Crippen LogP contribution in [0.2, 0.25) is 5.02 Å². The van der Waals surface area contributed by atoms with E-state index in [0.717, 1.165) is 27.2 Å². The van der Waals surface area contributed by atoms with Gasteiger partial charge in [0.2, 0.25) is 11.8 Å². The number of nitrogens with zero attached hydrogens (tertiary/aromatic N) is 1. The van der Waals surface area contributed by atoms with Crippen LogP contribution in [0.1, 0.15) is 54.4 Å². The minimum atomic E-state index is -1.12. The third-order valence-corrected chi connectivity index (χ3v) is 8.58. The van der Waals surface area contributed by atoms with Crippen LogP contribution in [0, 0.1) is 17.8 Å². The van der Waals surface area contributed by atoms with E-state index in [9.17, 15) is 19.2 Å². The van der Waals surface area contributed by atoms with Crippen molar-refractivity contribution in [3.05, 3.63) is 100 Å². The number of rotatable bonds is 7. The summed E-state index contributed by atoms with van der Waals surface area (Å²) in [5.74, 6) is -3.76. The van der Waals surface area contributed by atoms with Gasteiger partial charge in [0.15, 0.2) is 6.61 Å². The van der Waals surface area contributed by atoms with Crippen LogP contribution in [-0.2, 0) is 23.9 Å². The Morgan fingerprint density at radius 2 is 1.30 bits per heavy atom. The van der Waals surface area contributed by atoms with Crippen molar-refractivity contribution in [3.8, 4) is 0 Å². The number of carbonyl (C=O) groups excluding carboxylic acids is 4. The highest BCUT2D eigenvalue weighted by atomic mass is 35.5. The van der Waals surface area contributed by atoms with Gasteiger partial charge < -0.3 is 10.1 Å². The number of imide groups is 1. The lowest BCUT2D eigenvalue weighted by atomic mass is 9.55. The highest BCUT2D eigenvalue weighted by molar-refractivity contribution is 6.33. The fraction of sp³-hybridized carbons (Fsp3) is 0.312. The fourth-order valence-electron chi connectivity index (χ4n) is 6.74. The summed E-state index contributed by atoms with van der Waals surface area (Å²) in [6, 6.07) is 21.6. The summed E-state index contributed by atoms with van der Waals surface area (Å²) >= 11 is 6.11. The van der Waals surface area contributed by atoms with Gasteiger partial charge in [-0.25, -0.2) is 4.79 Å². The Morgan fingerprint density at radius 1 is 0.825 bits per heavy atom. The topological polar surface area (TPSA) is 92.8 Å². The number of amides is 3. The van der Waals surface area contributed by atoms with Crippen molar-refractivity contribution in [3.63, 3.8) is 0 Å². The second-order valence-electron chi connectivity index (χ2n) is 11.1. The van der Waals surface area contributed by atoms with E-state index in [1.165, 1.54) is 0 Å². The Labute approximate surface area is 237 Å². The number of para-hydroxylation sites is 1. The first-order valence-corrected chi connectivity index (χ1v) is 13.9. The van der Waals surface area contributed by atoms with E-state index in [0.29, 0.717) is 10.7 Å². The summed E-state index contributed by atoms with van der Waals surface area (Å²) in [4.78, 5) is 55.3. The third kappa shape index (κ3) is 4.20. The van der Waals surface area contributed by atoms with E-state index >= 15 is 0 Å². The third-order valence-electron chi connectivity index (χ3n) is 8.25. The molecule has 1 N–H and O–H groups in total. The lowest BCUT2D eigenvalue weighted by Crippen LogP contribution is -2.47. The first-order chi connectivity index (χ1) is 19.3. The molecular formula is C32H29ClN2O5. The normalized spacial score (nSPS) is 22.9. The van der Waals surface area contributed by atoms with E-state index in [2.05, 4.69) is 5.32 Å². The predicted octanol–water partition coefficient (Wildman–Crippen LogP) is 5.13. The molecule has 1 fully saturated rings. The average Bonchev–Trinajstić information content (AvgIpc) is 3.21. The van der Waals surface area contributed by atoms with Gasteiger partial charge >= 0.3 is 5.97 Å². The van der Waals surface area contributed by atoms with Crippen LogP contribution in [0.5, 0.6) is 0 Å². The molecule has 1 heterocycles. The molecule has 3 atom stereocenters. The highest BCUT2D eigenvalue weighted by Crippen LogP contribution is 2.61. The number of nitrogens with one attached hydrogen (secondary N) is 1. The van der Waals surface area contributed by atoms with Gasteiger partial charge in [0.25, 0.3) is 5.91 Å². The molecule has 0 radical (unpaired) electrons. The van der Waals surface area contributed by atoms with E-state index in [1.54, 1.807) is 24.3 Å². The number of ether oxygens (including phenoxy) is 1. The molecule has 1 saturated heterocycles. The number of carbonyl (C=O) groups is 4. The van der Waals surface area contributed by atoms with E-state index in [4.69, 9.17) is 16.3 Å². The number of hydrogen-bond acceptors (Lipinski definition) is 5. The Hall–Kier alpha value is -3.97. The van der Waals surface area contributed by atoms with Crippen molar-refractivity contribution in [1.82, 2.24) is 4.90 Å². The Balaban J connectivity index is 1.28. The minimum absolute atomic E-state index is 0.0103. The largest absolute Gasteiger partial charge is 0.454 e. The van der Waals surface area contributed by atoms with Gasteiger partial charge in [-0.1, -0.05) is 86.1 Å². The molecule has 4 aliphatic rings. The van der Waals surface area contributed by atoms with Crippen molar-refractivity contribution in [2.75, 3.05) is 11.9 Å². The number of benzene rings is 3. The van der Waals surface area contributed by atoms with Gasteiger partial charge in [0.05, 0.1) is 22.5 Å². The summed E-state index contributed by atoms with van der Waals surface area (Å²) in [5, 5.41) is 2.97. The molecule has 3 aliphatic carbocycles. The van der Waals surface area contributed by atoms with Crippen LogP contribution in [0.15, 0.2) is 72.8 Å². The molecule has 3 aromatic carbocycles. The van der Waals surface area contributed by atoms with Gasteiger partial charge in [-0.05, 0) is 46.7 Å². The molecule has 8 heteroatoms. The van der Waals surface area contributed by atoms with Crippen LogP contribution in [0.4, 0.5) is 5.69 Å². The van der Waals surface area contributed by atoms with Crippen molar-refractivity contribution >= 4 is 41.0 Å². The SMILES string of the molecule is CC(C)C[C@H](C(=O)OCC(=O)Nc1ccccc1Cl)N1C(=O)[C@@H]2C3c4ccccc4C(c4ccccc43)[C@H]2C1=O. The zero-order valence-corrected chi connectivity index (χ0v) is 22.9. The monoisotopic (exact) mass is 556 g/mol. The van der Waals surface area contributed by atoms with Crippen LogP contribution < -0.4 is 5.32 Å². The smallest absolute Gasteiger partial charge is 0.329 e. The quantitative estimate of drug-likeness (QED) is 0.322. The summed E-state index contributed by atoms with van der Waals surface area (Å²) in [6.45, 7) is 3.26. The first kappa shape index (κ1) is 26.3. The second-order valence-corrected chi connectivity index (χ2v) is 11.5. The number of esters is 1. The van der Waals surface area contributed by atoms with Gasteiger partial charge in [-0.2, -0.15) is 0 Å². The maximum atomic E-state index is 14.1. The molecule has 7 nitrogen and oxygen atoms in total. The van der Waals surface area contributed by atoms with Gasteiger partial charge in [-0.15, -0.1) is 0 Å². The average molecular weight is 557 g/mol. The van der Waals surface area contributed by atoms with Crippen molar-refractivity contribution in [1.29, 1.82) is 0 Å². The molecule has 0 unspecified atom stereocenters. The van der Waals surface area contributed by atoms with Gasteiger partial charge in [0.1, 0.15) is 6.04 Å². The molecule has 7 rings (SSSR count). The molecule has 2 bridgehead atoms. The molecule has 0 aromatic heterocycles. The Bertz CT molecular complexity index is 1420. The number of halogens is 1. The van der Waals surface area contributed by atoms with E-state index in [1.807, 2.05) is 62.4 Å². The summed E-state index contributed by atoms with van der Waals surface area (Å²) in [7, 11) is 0. The highest BCUT2D eigenvalue weighted by Gasteiger charge is 2.63. The van der Waals surface area contributed by atoms with E-state index in [-0.39, 0.29) is 36.0 Å². The van der Waals surface area contributed by atoms with Crippen molar-refractivity contribution < 1.29 is 23.9 Å². The van der Waals surface area contributed by atoms with Crippen LogP contribution in [-0.4, -0.2) is 41.2 Å². The Kier molecular flexibility index (Phi) is 6.70. The number of likely N-dealkylation sites (tertiary alicyclic amines) is 1. The molecular weight excluding hydrogens is 528 g/mol. The van der Waals surface area contributed by atoms with Crippen LogP contribution in [0.3, 0.4) is 0 Å². The Morgan fingerprint density at radius 3 is 1.77 bits per heavy atom. The molecule has 0 saturated carbocycles. The van der Waals surface area contributed by atoms with E-state index < -0.39 is 36.4 Å². The van der Waals surface area contributed by atoms with Crippen molar-refractivity contribution in [2.45, 2.75) is 38.1 Å². The maximum Gasteiger partial charge on any atom is 0.329 e. The summed E-state index contributed by atoms with van der Waals surface area (Å²) in [5.41, 5.74) is 4.65. The summed E-state index contributed by atoms with van der Waals surface area (Å²) < 4.78 is 5.39. The zero-order chi connectivity index (χ0) is 28.1. The summed E-state index contributed by atoms with van der Waals surface area (Å²) in [6.07, 6.45) is 0.233. The molecule has 1 aliphatic heterocycles. The molecule has 3 aromatic rings. The fourth-order valence-corrected chi connectivity index (χ4v) is 6.93. The lowest BCUT2D eigenvalue weighted by Gasteiger charge is -2.45. The molecule has 0 spiro atoms. The van der Waals surface area contributed by atoms with Crippen LogP contribution in [0.25, 0.3) is 0 Å². The lowest BCUT2D eigenvalue weighted by molar-refractivity contribution is -0.160. The molecule has 204 valence electrons. The first-order valence-electron chi connectivity index (χ1n) is 13.5. The number of anilines is 1. The molecule has 3 amide bonds. The van der Waals surface area contributed by atoms with Gasteiger partial charge in [0, 0.05) is 11.8 Å². The molecule has 40 heavy (non-hydrogen) atoms. The maximum absolute atomic E-state index is 14.1. The predicted molar refractivity (Wildman–Crippen MR) is 150 cm³/mol. The van der Waals surface area contributed by atoms with Crippen LogP contribution >= 0.6 is 11.6 Å². The van der Waals surface area contributed by atoms with Gasteiger partial charge in [-0.3, -0.25) is 19.3 Å². The second kappa shape index (κ2) is 10.2. The minimum Gasteiger partial charge on any atom is -0.454 e. The zero-order valence-electron chi connectivity index (χ0n) is 22.2. The van der Waals surface area contributed by atoms with Crippen molar-refractivity contribution in [2.24, 2.45) is 17.8 Å².